The van der Waals surface area contributed by atoms with Crippen molar-refractivity contribution in [1.29, 1.82) is 0 Å². The van der Waals surface area contributed by atoms with Crippen LogP contribution in [-0.2, 0) is 16.1 Å². The van der Waals surface area contributed by atoms with E-state index in [1.165, 1.54) is 0 Å². The highest BCUT2D eigenvalue weighted by Gasteiger charge is 2.17. The Morgan fingerprint density at radius 3 is 2.68 bits per heavy atom. The number of hydrogen-bond donors (Lipinski definition) is 3. The number of aliphatic carboxylic acids is 1. The first-order valence-electron chi connectivity index (χ1n) is 5.91. The van der Waals surface area contributed by atoms with E-state index >= 15 is 0 Å². The van der Waals surface area contributed by atoms with Crippen molar-refractivity contribution in [2.45, 2.75) is 25.4 Å². The summed E-state index contributed by atoms with van der Waals surface area (Å²) in [4.78, 5) is 21.7. The topological polar surface area (TPSA) is 102 Å². The SMILES string of the molecule is COc1ccccc1CN[C@@H](CCC(N)=O)C(=O)O. The fourth-order valence-electron chi connectivity index (χ4n) is 1.68. The second-order valence-corrected chi connectivity index (χ2v) is 4.09. The Morgan fingerprint density at radius 1 is 1.42 bits per heavy atom. The molecule has 1 amide bonds. The number of carboxylic acids is 1. The van der Waals surface area contributed by atoms with Gasteiger partial charge in [0.15, 0.2) is 0 Å². The summed E-state index contributed by atoms with van der Waals surface area (Å²) in [5.41, 5.74) is 5.87. The van der Waals surface area contributed by atoms with Crippen LogP contribution in [0.3, 0.4) is 0 Å². The third-order valence-corrected chi connectivity index (χ3v) is 2.71. The van der Waals surface area contributed by atoms with Gasteiger partial charge >= 0.3 is 5.97 Å². The fourth-order valence-corrected chi connectivity index (χ4v) is 1.68. The van der Waals surface area contributed by atoms with E-state index in [0.29, 0.717) is 12.3 Å². The van der Waals surface area contributed by atoms with Gasteiger partial charge in [-0.15, -0.1) is 0 Å². The maximum atomic E-state index is 11.0. The van der Waals surface area contributed by atoms with Gasteiger partial charge in [-0.25, -0.2) is 0 Å². The molecule has 0 aliphatic carbocycles. The van der Waals surface area contributed by atoms with Crippen molar-refractivity contribution in [2.24, 2.45) is 5.73 Å². The summed E-state index contributed by atoms with van der Waals surface area (Å²) >= 11 is 0. The first-order valence-corrected chi connectivity index (χ1v) is 5.91. The average Bonchev–Trinajstić information content (AvgIpc) is 2.38. The van der Waals surface area contributed by atoms with Crippen LogP contribution in [0.5, 0.6) is 5.75 Å². The minimum Gasteiger partial charge on any atom is -0.496 e. The lowest BCUT2D eigenvalue weighted by Gasteiger charge is -2.15. The van der Waals surface area contributed by atoms with Crippen LogP contribution in [0.2, 0.25) is 0 Å². The second kappa shape index (κ2) is 7.38. The summed E-state index contributed by atoms with van der Waals surface area (Å²) in [7, 11) is 1.56. The molecule has 0 unspecified atom stereocenters. The van der Waals surface area contributed by atoms with Gasteiger partial charge in [-0.2, -0.15) is 0 Å². The van der Waals surface area contributed by atoms with Crippen molar-refractivity contribution >= 4 is 11.9 Å². The molecule has 1 aromatic carbocycles. The van der Waals surface area contributed by atoms with Crippen LogP contribution in [-0.4, -0.2) is 30.1 Å². The summed E-state index contributed by atoms with van der Waals surface area (Å²) < 4.78 is 5.17. The van der Waals surface area contributed by atoms with E-state index in [2.05, 4.69) is 5.32 Å². The van der Waals surface area contributed by atoms with Crippen molar-refractivity contribution < 1.29 is 19.4 Å². The summed E-state index contributed by atoms with van der Waals surface area (Å²) in [6.45, 7) is 0.347. The molecule has 1 atom stereocenters. The lowest BCUT2D eigenvalue weighted by Crippen LogP contribution is -2.37. The zero-order chi connectivity index (χ0) is 14.3. The maximum absolute atomic E-state index is 11.0. The van der Waals surface area contributed by atoms with Gasteiger partial charge in [0.05, 0.1) is 7.11 Å². The molecule has 6 heteroatoms. The van der Waals surface area contributed by atoms with E-state index in [-0.39, 0.29) is 12.8 Å². The minimum absolute atomic E-state index is 0.0376. The van der Waals surface area contributed by atoms with Crippen LogP contribution >= 0.6 is 0 Å². The molecule has 0 saturated heterocycles. The Morgan fingerprint density at radius 2 is 2.11 bits per heavy atom. The van der Waals surface area contributed by atoms with Gasteiger partial charge in [-0.1, -0.05) is 18.2 Å². The van der Waals surface area contributed by atoms with Crippen LogP contribution in [0, 0.1) is 0 Å². The van der Waals surface area contributed by atoms with E-state index < -0.39 is 17.9 Å². The molecule has 0 saturated carbocycles. The Bertz CT molecular complexity index is 448. The molecule has 0 aliphatic rings. The van der Waals surface area contributed by atoms with Gasteiger partial charge in [0.1, 0.15) is 11.8 Å². The number of nitrogens with one attached hydrogen (secondary N) is 1. The first-order chi connectivity index (χ1) is 9.04. The van der Waals surface area contributed by atoms with E-state index in [9.17, 15) is 9.59 Å². The predicted molar refractivity (Wildman–Crippen MR) is 69.7 cm³/mol. The van der Waals surface area contributed by atoms with Gasteiger partial charge in [-0.3, -0.25) is 9.59 Å². The third-order valence-electron chi connectivity index (χ3n) is 2.71. The first kappa shape index (κ1) is 15.0. The molecule has 1 aromatic rings. The van der Waals surface area contributed by atoms with Crippen molar-refractivity contribution in [3.05, 3.63) is 29.8 Å². The van der Waals surface area contributed by atoms with Crippen LogP contribution in [0.25, 0.3) is 0 Å². The van der Waals surface area contributed by atoms with Gasteiger partial charge in [0.25, 0.3) is 0 Å². The number of benzene rings is 1. The number of hydrogen-bond acceptors (Lipinski definition) is 4. The van der Waals surface area contributed by atoms with Gasteiger partial charge < -0.3 is 20.9 Å². The number of primary amides is 1. The Balaban J connectivity index is 2.60. The van der Waals surface area contributed by atoms with Crippen LogP contribution in [0.15, 0.2) is 24.3 Å². The number of carbonyl (C=O) groups is 2. The molecule has 0 aromatic heterocycles. The van der Waals surface area contributed by atoms with E-state index in [0.717, 1.165) is 5.56 Å². The number of amides is 1. The van der Waals surface area contributed by atoms with Crippen molar-refractivity contribution in [2.75, 3.05) is 7.11 Å². The molecular formula is C13H18N2O4. The number of methoxy groups -OCH3 is 1. The summed E-state index contributed by atoms with van der Waals surface area (Å²) in [5.74, 6) is -0.824. The Kier molecular flexibility index (Phi) is 5.81. The Labute approximate surface area is 111 Å². The molecule has 104 valence electrons. The largest absolute Gasteiger partial charge is 0.496 e. The quantitative estimate of drug-likeness (QED) is 0.636. The average molecular weight is 266 g/mol. The zero-order valence-electron chi connectivity index (χ0n) is 10.8. The Hall–Kier alpha value is -2.08. The van der Waals surface area contributed by atoms with Gasteiger partial charge in [0, 0.05) is 18.5 Å². The predicted octanol–water partition coefficient (Wildman–Crippen LogP) is 0.503. The molecule has 0 aliphatic heterocycles. The van der Waals surface area contributed by atoms with Crippen molar-refractivity contribution in [1.82, 2.24) is 5.32 Å². The zero-order valence-corrected chi connectivity index (χ0v) is 10.8. The normalized spacial score (nSPS) is 11.8. The van der Waals surface area contributed by atoms with E-state index in [4.69, 9.17) is 15.6 Å². The highest BCUT2D eigenvalue weighted by atomic mass is 16.5. The van der Waals surface area contributed by atoms with E-state index in [1.807, 2.05) is 18.2 Å². The molecule has 0 radical (unpaired) electrons. The highest BCUT2D eigenvalue weighted by Crippen LogP contribution is 2.17. The van der Waals surface area contributed by atoms with Gasteiger partial charge in [0.2, 0.25) is 5.91 Å². The standard InChI is InChI=1S/C13H18N2O4/c1-19-11-5-3-2-4-9(11)8-15-10(13(17)18)6-7-12(14)16/h2-5,10,15H,6-8H2,1H3,(H2,14,16)(H,17,18)/t10-/m0/s1. The maximum Gasteiger partial charge on any atom is 0.320 e. The minimum atomic E-state index is -1.00. The van der Waals surface area contributed by atoms with E-state index in [1.54, 1.807) is 13.2 Å². The number of rotatable bonds is 8. The molecule has 0 heterocycles. The monoisotopic (exact) mass is 266 g/mol. The number of para-hydroxylation sites is 1. The molecule has 0 fully saturated rings. The smallest absolute Gasteiger partial charge is 0.320 e. The molecule has 1 rings (SSSR count). The molecule has 19 heavy (non-hydrogen) atoms. The molecule has 4 N–H and O–H groups in total. The summed E-state index contributed by atoms with van der Waals surface area (Å²) in [6, 6.07) is 6.52. The molecular weight excluding hydrogens is 248 g/mol. The van der Waals surface area contributed by atoms with Crippen LogP contribution in [0.1, 0.15) is 18.4 Å². The number of nitrogens with two attached hydrogens (primary N) is 1. The lowest BCUT2D eigenvalue weighted by atomic mass is 10.1. The fraction of sp³-hybridized carbons (Fsp3) is 0.385. The van der Waals surface area contributed by atoms with Gasteiger partial charge in [-0.05, 0) is 12.5 Å². The second-order valence-electron chi connectivity index (χ2n) is 4.09. The third kappa shape index (κ3) is 4.97. The molecule has 6 nitrogen and oxygen atoms in total. The van der Waals surface area contributed by atoms with Crippen LogP contribution < -0.4 is 15.8 Å². The highest BCUT2D eigenvalue weighted by molar-refractivity contribution is 5.77. The summed E-state index contributed by atoms with van der Waals surface area (Å²) in [5, 5.41) is 11.9. The lowest BCUT2D eigenvalue weighted by molar-refractivity contribution is -0.139. The number of carbonyl (C=O) groups excluding carboxylic acids is 1. The number of ether oxygens (including phenoxy) is 1. The van der Waals surface area contributed by atoms with Crippen LogP contribution in [0.4, 0.5) is 0 Å². The molecule has 0 bridgehead atoms. The summed E-state index contributed by atoms with van der Waals surface area (Å²) in [6.07, 6.45) is 0.204. The number of carboxylic acid groups (broad SMARTS) is 1. The molecule has 0 spiro atoms. The van der Waals surface area contributed by atoms with Crippen molar-refractivity contribution in [3.8, 4) is 5.75 Å². The van der Waals surface area contributed by atoms with Crippen molar-refractivity contribution in [3.63, 3.8) is 0 Å².